The van der Waals surface area contributed by atoms with Crippen molar-refractivity contribution >= 4 is 12.1 Å². The average Bonchev–Trinajstić information content (AvgIpc) is 3.04. The van der Waals surface area contributed by atoms with Crippen LogP contribution in [-0.2, 0) is 20.8 Å². The summed E-state index contributed by atoms with van der Waals surface area (Å²) in [6.45, 7) is 9.81. The molecule has 0 saturated carbocycles. The lowest BCUT2D eigenvalue weighted by Gasteiger charge is -2.29. The highest BCUT2D eigenvalue weighted by Crippen LogP contribution is 2.21. The Hall–Kier alpha value is -2.08. The van der Waals surface area contributed by atoms with Crippen molar-refractivity contribution in [2.45, 2.75) is 52.3 Å². The largest absolute Gasteiger partial charge is 0.465 e. The first-order valence-corrected chi connectivity index (χ1v) is 9.20. The number of hydrogen-bond acceptors (Lipinski definition) is 5. The van der Waals surface area contributed by atoms with Crippen molar-refractivity contribution in [2.75, 3.05) is 26.2 Å². The van der Waals surface area contributed by atoms with E-state index in [4.69, 9.17) is 9.47 Å². The summed E-state index contributed by atoms with van der Waals surface area (Å²) in [4.78, 5) is 28.2. The van der Waals surface area contributed by atoms with E-state index < -0.39 is 5.60 Å². The number of amides is 1. The maximum Gasteiger partial charge on any atom is 0.410 e. The van der Waals surface area contributed by atoms with Crippen LogP contribution < -0.4 is 0 Å². The number of carbonyl (C=O) groups excluding carboxylic acids is 2. The fourth-order valence-corrected chi connectivity index (χ4v) is 3.04. The van der Waals surface area contributed by atoms with E-state index in [-0.39, 0.29) is 24.6 Å². The Morgan fingerprint density at radius 1 is 1.23 bits per heavy atom. The number of rotatable bonds is 6. The van der Waals surface area contributed by atoms with Crippen molar-refractivity contribution in [3.63, 3.8) is 0 Å². The summed E-state index contributed by atoms with van der Waals surface area (Å²) in [5, 5.41) is 0. The Bertz CT molecular complexity index is 598. The van der Waals surface area contributed by atoms with Crippen LogP contribution in [0.15, 0.2) is 30.3 Å². The SMILES string of the molecule is CCOC(=O)CN(Cc1ccccc1)C1CCN(C(=O)OC(C)(C)C)C1. The predicted molar refractivity (Wildman–Crippen MR) is 99.7 cm³/mol. The fraction of sp³-hybridized carbons (Fsp3) is 0.600. The molecule has 0 spiro atoms. The third kappa shape index (κ3) is 6.33. The van der Waals surface area contributed by atoms with Gasteiger partial charge in [0.1, 0.15) is 5.60 Å². The molecule has 1 aromatic carbocycles. The van der Waals surface area contributed by atoms with E-state index in [2.05, 4.69) is 4.90 Å². The molecule has 144 valence electrons. The average molecular weight is 362 g/mol. The summed E-state index contributed by atoms with van der Waals surface area (Å²) in [6.07, 6.45) is 0.515. The van der Waals surface area contributed by atoms with Crippen LogP contribution in [0.3, 0.4) is 0 Å². The zero-order valence-electron chi connectivity index (χ0n) is 16.2. The Morgan fingerprint density at radius 2 is 1.92 bits per heavy atom. The van der Waals surface area contributed by atoms with Gasteiger partial charge in [0.05, 0.1) is 13.2 Å². The van der Waals surface area contributed by atoms with E-state index in [1.807, 2.05) is 51.1 Å². The van der Waals surface area contributed by atoms with E-state index in [1.165, 1.54) is 0 Å². The lowest BCUT2D eigenvalue weighted by Crippen LogP contribution is -2.42. The molecule has 1 atom stereocenters. The Kier molecular flexibility index (Phi) is 7.03. The van der Waals surface area contributed by atoms with E-state index in [0.717, 1.165) is 12.0 Å². The summed E-state index contributed by atoms with van der Waals surface area (Å²) < 4.78 is 10.6. The lowest BCUT2D eigenvalue weighted by atomic mass is 10.1. The van der Waals surface area contributed by atoms with Crippen LogP contribution in [0.5, 0.6) is 0 Å². The number of esters is 1. The molecule has 0 radical (unpaired) electrons. The third-order valence-corrected chi connectivity index (χ3v) is 4.20. The maximum atomic E-state index is 12.3. The molecule has 1 fully saturated rings. The van der Waals surface area contributed by atoms with Crippen LogP contribution in [0.1, 0.15) is 39.7 Å². The van der Waals surface area contributed by atoms with Crippen LogP contribution in [0.2, 0.25) is 0 Å². The first kappa shape index (κ1) is 20.2. The molecule has 1 unspecified atom stereocenters. The fourth-order valence-electron chi connectivity index (χ4n) is 3.04. The van der Waals surface area contributed by atoms with E-state index in [0.29, 0.717) is 26.2 Å². The summed E-state index contributed by atoms with van der Waals surface area (Å²) in [5.41, 5.74) is 0.622. The molecule has 0 N–H and O–H groups in total. The highest BCUT2D eigenvalue weighted by molar-refractivity contribution is 5.72. The van der Waals surface area contributed by atoms with E-state index in [1.54, 1.807) is 11.8 Å². The number of carbonyl (C=O) groups is 2. The summed E-state index contributed by atoms with van der Waals surface area (Å²) in [7, 11) is 0. The van der Waals surface area contributed by atoms with Gasteiger partial charge in [0.15, 0.2) is 0 Å². The summed E-state index contributed by atoms with van der Waals surface area (Å²) >= 11 is 0. The highest BCUT2D eigenvalue weighted by atomic mass is 16.6. The van der Waals surface area contributed by atoms with Crippen LogP contribution in [0.4, 0.5) is 4.79 Å². The zero-order valence-corrected chi connectivity index (χ0v) is 16.2. The van der Waals surface area contributed by atoms with Gasteiger partial charge in [-0.3, -0.25) is 9.69 Å². The second kappa shape index (κ2) is 9.03. The van der Waals surface area contributed by atoms with Gasteiger partial charge in [0.2, 0.25) is 0 Å². The second-order valence-electron chi connectivity index (χ2n) is 7.56. The van der Waals surface area contributed by atoms with Crippen molar-refractivity contribution < 1.29 is 19.1 Å². The normalized spacial score (nSPS) is 17.4. The van der Waals surface area contributed by atoms with Gasteiger partial charge in [-0.2, -0.15) is 0 Å². The molecule has 0 bridgehead atoms. The quantitative estimate of drug-likeness (QED) is 0.728. The number of benzene rings is 1. The molecule has 1 saturated heterocycles. The van der Waals surface area contributed by atoms with Crippen molar-refractivity contribution in [1.29, 1.82) is 0 Å². The summed E-state index contributed by atoms with van der Waals surface area (Å²) in [6, 6.07) is 10.1. The zero-order chi connectivity index (χ0) is 19.2. The molecule has 0 aromatic heterocycles. The third-order valence-electron chi connectivity index (χ3n) is 4.20. The van der Waals surface area contributed by atoms with Gasteiger partial charge < -0.3 is 14.4 Å². The van der Waals surface area contributed by atoms with Crippen LogP contribution >= 0.6 is 0 Å². The van der Waals surface area contributed by atoms with Gasteiger partial charge in [0, 0.05) is 25.7 Å². The van der Waals surface area contributed by atoms with Crippen molar-refractivity contribution in [3.8, 4) is 0 Å². The molecule has 1 aliphatic heterocycles. The Morgan fingerprint density at radius 3 is 2.54 bits per heavy atom. The van der Waals surface area contributed by atoms with Crippen LogP contribution in [0, 0.1) is 0 Å². The van der Waals surface area contributed by atoms with Gasteiger partial charge in [-0.25, -0.2) is 4.79 Å². The predicted octanol–water partition coefficient (Wildman–Crippen LogP) is 3.06. The van der Waals surface area contributed by atoms with Gasteiger partial charge in [-0.05, 0) is 39.7 Å². The Balaban J connectivity index is 2.03. The first-order chi connectivity index (χ1) is 12.3. The molecule has 1 heterocycles. The molecule has 1 aromatic rings. The van der Waals surface area contributed by atoms with Gasteiger partial charge >= 0.3 is 12.1 Å². The number of likely N-dealkylation sites (tertiary alicyclic amines) is 1. The minimum atomic E-state index is -0.510. The van der Waals surface area contributed by atoms with E-state index in [9.17, 15) is 9.59 Å². The standard InChI is InChI=1S/C20H30N2O4/c1-5-25-18(23)15-22(13-16-9-7-6-8-10-16)17-11-12-21(14-17)19(24)26-20(2,3)4/h6-10,17H,5,11-15H2,1-4H3. The molecular formula is C20H30N2O4. The van der Waals surface area contributed by atoms with Crippen molar-refractivity contribution in [2.24, 2.45) is 0 Å². The minimum absolute atomic E-state index is 0.104. The van der Waals surface area contributed by atoms with Crippen molar-refractivity contribution in [1.82, 2.24) is 9.80 Å². The monoisotopic (exact) mass is 362 g/mol. The molecule has 26 heavy (non-hydrogen) atoms. The highest BCUT2D eigenvalue weighted by Gasteiger charge is 2.33. The number of ether oxygens (including phenoxy) is 2. The maximum absolute atomic E-state index is 12.3. The van der Waals surface area contributed by atoms with Gasteiger partial charge in [-0.1, -0.05) is 30.3 Å². The molecular weight excluding hydrogens is 332 g/mol. The molecule has 1 aliphatic rings. The lowest BCUT2D eigenvalue weighted by molar-refractivity contribution is -0.145. The van der Waals surface area contributed by atoms with E-state index >= 15 is 0 Å². The van der Waals surface area contributed by atoms with Crippen molar-refractivity contribution in [3.05, 3.63) is 35.9 Å². The summed E-state index contributed by atoms with van der Waals surface area (Å²) in [5.74, 6) is -0.237. The number of hydrogen-bond donors (Lipinski definition) is 0. The first-order valence-electron chi connectivity index (χ1n) is 9.20. The molecule has 1 amide bonds. The minimum Gasteiger partial charge on any atom is -0.465 e. The topological polar surface area (TPSA) is 59.1 Å². The van der Waals surface area contributed by atoms with Gasteiger partial charge in [-0.15, -0.1) is 0 Å². The molecule has 6 nitrogen and oxygen atoms in total. The Labute approximate surface area is 156 Å². The molecule has 2 rings (SSSR count). The molecule has 0 aliphatic carbocycles. The molecule has 6 heteroatoms. The van der Waals surface area contributed by atoms with Crippen LogP contribution in [-0.4, -0.2) is 59.7 Å². The van der Waals surface area contributed by atoms with Crippen LogP contribution in [0.25, 0.3) is 0 Å². The smallest absolute Gasteiger partial charge is 0.410 e. The number of nitrogens with zero attached hydrogens (tertiary/aromatic N) is 2. The van der Waals surface area contributed by atoms with Gasteiger partial charge in [0.25, 0.3) is 0 Å². The second-order valence-corrected chi connectivity index (χ2v) is 7.56.